The van der Waals surface area contributed by atoms with Gasteiger partial charge < -0.3 is 0 Å². The molecule has 4 nitrogen and oxygen atoms in total. The zero-order valence-corrected chi connectivity index (χ0v) is 20.9. The fourth-order valence-corrected chi connectivity index (χ4v) is 6.41. The van der Waals surface area contributed by atoms with Crippen molar-refractivity contribution in [2.75, 3.05) is 13.1 Å². The van der Waals surface area contributed by atoms with Gasteiger partial charge in [0.05, 0.1) is 16.3 Å². The smallest absolute Gasteiger partial charge is 0.243 e. The van der Waals surface area contributed by atoms with Gasteiger partial charge in [-0.2, -0.15) is 4.31 Å². The fourth-order valence-electron chi connectivity index (χ4n) is 4.99. The molecule has 0 radical (unpaired) electrons. The van der Waals surface area contributed by atoms with Crippen LogP contribution in [0.1, 0.15) is 23.1 Å². The number of hydrogen-bond acceptors (Lipinski definition) is 3. The van der Waals surface area contributed by atoms with Gasteiger partial charge in [-0.1, -0.05) is 90.5 Å². The van der Waals surface area contributed by atoms with Gasteiger partial charge in [0.25, 0.3) is 0 Å². The molecule has 4 aromatic rings. The third-order valence-electron chi connectivity index (χ3n) is 6.94. The monoisotopic (exact) mass is 490 g/mol. The standard InChI is InChI=1S/C31H26N2O2S/c1-22-14-16-27(17-15-22)36(34,35)33-20-25-18-30(24-9-3-2-4-10-24)32-31(19-26(25)21-33)29-13-7-11-23-8-5-6-12-28(23)29/h2-18H,19-21H2,1H3. The highest BCUT2D eigenvalue weighted by molar-refractivity contribution is 7.89. The van der Waals surface area contributed by atoms with Crippen LogP contribution in [0.3, 0.4) is 0 Å². The average Bonchev–Trinajstić information content (AvgIpc) is 3.22. The van der Waals surface area contributed by atoms with Gasteiger partial charge in [0.2, 0.25) is 10.0 Å². The Bertz CT molecular complexity index is 1660. The summed E-state index contributed by atoms with van der Waals surface area (Å²) < 4.78 is 28.6. The van der Waals surface area contributed by atoms with Gasteiger partial charge in [0, 0.05) is 30.6 Å². The Labute approximate surface area is 212 Å². The largest absolute Gasteiger partial charge is 0.252 e. The van der Waals surface area contributed by atoms with Crippen LogP contribution in [-0.4, -0.2) is 31.5 Å². The van der Waals surface area contributed by atoms with Gasteiger partial charge in [-0.3, -0.25) is 4.99 Å². The maximum atomic E-state index is 13.5. The number of rotatable bonds is 4. The van der Waals surface area contributed by atoms with Gasteiger partial charge in [-0.25, -0.2) is 8.42 Å². The summed E-state index contributed by atoms with van der Waals surface area (Å²) in [6, 6.07) is 31.8. The summed E-state index contributed by atoms with van der Waals surface area (Å²) >= 11 is 0. The Morgan fingerprint density at radius 2 is 1.50 bits per heavy atom. The molecule has 0 fully saturated rings. The van der Waals surface area contributed by atoms with Crippen molar-refractivity contribution in [3.63, 3.8) is 0 Å². The van der Waals surface area contributed by atoms with Crippen LogP contribution in [0.15, 0.2) is 124 Å². The summed E-state index contributed by atoms with van der Waals surface area (Å²) in [4.78, 5) is 5.51. The van der Waals surface area contributed by atoms with E-state index in [0.717, 1.165) is 50.0 Å². The van der Waals surface area contributed by atoms with Crippen molar-refractivity contribution in [3.8, 4) is 0 Å². The lowest BCUT2D eigenvalue weighted by Gasteiger charge is -2.18. The number of hydrogen-bond donors (Lipinski definition) is 0. The van der Waals surface area contributed by atoms with E-state index in [4.69, 9.17) is 4.99 Å². The predicted octanol–water partition coefficient (Wildman–Crippen LogP) is 6.38. The van der Waals surface area contributed by atoms with Crippen LogP contribution < -0.4 is 0 Å². The maximum absolute atomic E-state index is 13.5. The molecule has 5 heteroatoms. The number of benzene rings is 4. The maximum Gasteiger partial charge on any atom is 0.243 e. The molecule has 4 aromatic carbocycles. The molecule has 0 bridgehead atoms. The van der Waals surface area contributed by atoms with Gasteiger partial charge in [-0.05, 0) is 47.1 Å². The van der Waals surface area contributed by atoms with E-state index < -0.39 is 10.0 Å². The quantitative estimate of drug-likeness (QED) is 0.333. The molecule has 2 heterocycles. The number of sulfonamides is 1. The van der Waals surface area contributed by atoms with Crippen LogP contribution in [0.5, 0.6) is 0 Å². The molecular weight excluding hydrogens is 464 g/mol. The first-order chi connectivity index (χ1) is 17.5. The normalized spacial score (nSPS) is 16.5. The number of nitrogens with zero attached hydrogens (tertiary/aromatic N) is 2. The minimum absolute atomic E-state index is 0.334. The second-order valence-electron chi connectivity index (χ2n) is 9.37. The lowest BCUT2D eigenvalue weighted by Crippen LogP contribution is -2.30. The molecule has 0 aromatic heterocycles. The Morgan fingerprint density at radius 1 is 0.778 bits per heavy atom. The molecule has 178 valence electrons. The van der Waals surface area contributed by atoms with Gasteiger partial charge in [-0.15, -0.1) is 0 Å². The second-order valence-corrected chi connectivity index (χ2v) is 11.3. The molecule has 0 aliphatic carbocycles. The zero-order valence-electron chi connectivity index (χ0n) is 20.1. The lowest BCUT2D eigenvalue weighted by atomic mass is 9.96. The molecule has 2 aliphatic rings. The summed E-state index contributed by atoms with van der Waals surface area (Å²) in [7, 11) is -3.60. The summed E-state index contributed by atoms with van der Waals surface area (Å²) in [5.74, 6) is 0. The molecule has 36 heavy (non-hydrogen) atoms. The van der Waals surface area contributed by atoms with Crippen molar-refractivity contribution in [2.24, 2.45) is 4.99 Å². The predicted molar refractivity (Wildman–Crippen MR) is 146 cm³/mol. The summed E-state index contributed by atoms with van der Waals surface area (Å²) in [5.41, 5.74) is 7.09. The van der Waals surface area contributed by atoms with E-state index in [0.29, 0.717) is 24.4 Å². The van der Waals surface area contributed by atoms with Crippen LogP contribution in [-0.2, 0) is 10.0 Å². The number of aryl methyl sites for hydroxylation is 1. The third kappa shape index (κ3) is 4.11. The molecule has 0 saturated carbocycles. The first-order valence-corrected chi connectivity index (χ1v) is 13.5. The first-order valence-electron chi connectivity index (χ1n) is 12.1. The summed E-state index contributed by atoms with van der Waals surface area (Å²) in [6.45, 7) is 2.67. The van der Waals surface area contributed by atoms with E-state index in [-0.39, 0.29) is 0 Å². The molecule has 2 aliphatic heterocycles. The molecule has 0 atom stereocenters. The van der Waals surface area contributed by atoms with E-state index in [9.17, 15) is 8.42 Å². The van der Waals surface area contributed by atoms with Gasteiger partial charge in [0.1, 0.15) is 0 Å². The summed E-state index contributed by atoms with van der Waals surface area (Å²) in [6.07, 6.45) is 2.68. The van der Waals surface area contributed by atoms with Crippen LogP contribution in [0.4, 0.5) is 0 Å². The number of aliphatic imine (C=N–C) groups is 1. The van der Waals surface area contributed by atoms with Gasteiger partial charge >= 0.3 is 0 Å². The Kier molecular flexibility index (Phi) is 5.67. The van der Waals surface area contributed by atoms with Crippen molar-refractivity contribution in [3.05, 3.63) is 131 Å². The van der Waals surface area contributed by atoms with E-state index in [1.54, 1.807) is 16.4 Å². The minimum atomic E-state index is -3.60. The first kappa shape index (κ1) is 22.7. The number of fused-ring (bicyclic) bond motifs is 1. The van der Waals surface area contributed by atoms with E-state index in [1.807, 2.05) is 49.4 Å². The molecule has 6 rings (SSSR count). The van der Waals surface area contributed by atoms with Crippen molar-refractivity contribution in [1.82, 2.24) is 4.31 Å². The van der Waals surface area contributed by atoms with Crippen molar-refractivity contribution in [1.29, 1.82) is 0 Å². The molecule has 0 spiro atoms. The zero-order chi connectivity index (χ0) is 24.7. The summed E-state index contributed by atoms with van der Waals surface area (Å²) in [5, 5.41) is 2.31. The highest BCUT2D eigenvalue weighted by Gasteiger charge is 2.33. The van der Waals surface area contributed by atoms with Crippen LogP contribution >= 0.6 is 0 Å². The Morgan fingerprint density at radius 3 is 2.31 bits per heavy atom. The third-order valence-corrected chi connectivity index (χ3v) is 8.75. The van der Waals surface area contributed by atoms with Crippen LogP contribution in [0, 0.1) is 6.92 Å². The Hall–Kier alpha value is -3.80. The average molecular weight is 491 g/mol. The van der Waals surface area contributed by atoms with Gasteiger partial charge in [0.15, 0.2) is 0 Å². The van der Waals surface area contributed by atoms with Crippen LogP contribution in [0.2, 0.25) is 0 Å². The van der Waals surface area contributed by atoms with E-state index in [1.165, 1.54) is 0 Å². The Balaban J connectivity index is 1.43. The molecule has 0 N–H and O–H groups in total. The highest BCUT2D eigenvalue weighted by atomic mass is 32.2. The SMILES string of the molecule is Cc1ccc(S(=O)(=O)N2CC3=C(CC(c4cccc5ccccc45)=NC(c4ccccc4)=C3)C2)cc1. The highest BCUT2D eigenvalue weighted by Crippen LogP contribution is 2.35. The molecule has 0 unspecified atom stereocenters. The van der Waals surface area contributed by atoms with Crippen molar-refractivity contribution in [2.45, 2.75) is 18.2 Å². The topological polar surface area (TPSA) is 49.7 Å². The fraction of sp³-hybridized carbons (Fsp3) is 0.129. The molecule has 0 amide bonds. The molecular formula is C31H26N2O2S. The van der Waals surface area contributed by atoms with Crippen molar-refractivity contribution < 1.29 is 8.42 Å². The second kappa shape index (κ2) is 9.01. The van der Waals surface area contributed by atoms with E-state index >= 15 is 0 Å². The van der Waals surface area contributed by atoms with Crippen LogP contribution in [0.25, 0.3) is 16.5 Å². The van der Waals surface area contributed by atoms with Crippen molar-refractivity contribution >= 4 is 32.2 Å². The molecule has 0 saturated heterocycles. The minimum Gasteiger partial charge on any atom is -0.252 e. The lowest BCUT2D eigenvalue weighted by molar-refractivity contribution is 0.481. The van der Waals surface area contributed by atoms with E-state index in [2.05, 4.69) is 48.5 Å².